The molecule has 0 bridgehead atoms. The Morgan fingerprint density at radius 3 is 2.48 bits per heavy atom. The van der Waals surface area contributed by atoms with Crippen molar-refractivity contribution < 1.29 is 12.8 Å². The van der Waals surface area contributed by atoms with Crippen LogP contribution in [0.2, 0.25) is 0 Å². The Balaban J connectivity index is 2.43. The first-order chi connectivity index (χ1) is 9.83. The van der Waals surface area contributed by atoms with Crippen molar-refractivity contribution in [3.63, 3.8) is 0 Å². The van der Waals surface area contributed by atoms with E-state index in [0.717, 1.165) is 6.07 Å². The molecule has 8 heteroatoms. The summed E-state index contributed by atoms with van der Waals surface area (Å²) in [5.41, 5.74) is -0.111. The summed E-state index contributed by atoms with van der Waals surface area (Å²) >= 11 is 6.33. The maximum atomic E-state index is 13.8. The summed E-state index contributed by atoms with van der Waals surface area (Å²) in [7, 11) is -3.96. The second-order valence-corrected chi connectivity index (χ2v) is 7.41. The van der Waals surface area contributed by atoms with Gasteiger partial charge in [0.25, 0.3) is 10.0 Å². The fraction of sp³-hybridized carbons (Fsp3) is 0. The maximum absolute atomic E-state index is 13.8. The monoisotopic (exact) mass is 432 g/mol. The number of hydrogen-bond donors (Lipinski definition) is 1. The normalized spacial score (nSPS) is 11.0. The largest absolute Gasteiger partial charge is 0.277 e. The number of rotatable bonds is 3. The Kier molecular flexibility index (Phi) is 4.66. The van der Waals surface area contributed by atoms with Crippen LogP contribution in [0.4, 0.5) is 10.1 Å². The molecule has 0 spiro atoms. The van der Waals surface area contributed by atoms with Crippen LogP contribution in [0.15, 0.2) is 50.2 Å². The lowest BCUT2D eigenvalue weighted by Crippen LogP contribution is -2.14. The molecule has 0 radical (unpaired) electrons. The Bertz CT molecular complexity index is 848. The molecule has 108 valence electrons. The van der Waals surface area contributed by atoms with E-state index in [9.17, 15) is 12.8 Å². The average Bonchev–Trinajstić information content (AvgIpc) is 2.43. The van der Waals surface area contributed by atoms with E-state index < -0.39 is 15.8 Å². The van der Waals surface area contributed by atoms with Crippen molar-refractivity contribution in [2.24, 2.45) is 0 Å². The number of anilines is 1. The lowest BCUT2D eigenvalue weighted by Gasteiger charge is -2.11. The molecule has 0 fully saturated rings. The minimum atomic E-state index is -3.96. The number of sulfonamides is 1. The lowest BCUT2D eigenvalue weighted by atomic mass is 10.2. The zero-order valence-corrected chi connectivity index (χ0v) is 14.3. The SMILES string of the molecule is N#Cc1ccc(NS(=O)(=O)c2cc(Br)ccc2Br)c(F)c1. The van der Waals surface area contributed by atoms with Crippen LogP contribution in [0, 0.1) is 17.1 Å². The predicted octanol–water partition coefficient (Wildman–Crippen LogP) is 4.02. The van der Waals surface area contributed by atoms with Gasteiger partial charge in [-0.2, -0.15) is 5.26 Å². The number of benzene rings is 2. The minimum Gasteiger partial charge on any atom is -0.277 e. The van der Waals surface area contributed by atoms with Gasteiger partial charge >= 0.3 is 0 Å². The number of nitrogens with one attached hydrogen (secondary N) is 1. The summed E-state index contributed by atoms with van der Waals surface area (Å²) in [4.78, 5) is -0.0272. The molecule has 0 aliphatic carbocycles. The smallest absolute Gasteiger partial charge is 0.263 e. The summed E-state index contributed by atoms with van der Waals surface area (Å²) in [6.45, 7) is 0. The van der Waals surface area contributed by atoms with Gasteiger partial charge in [-0.25, -0.2) is 12.8 Å². The van der Waals surface area contributed by atoms with Gasteiger partial charge in [-0.3, -0.25) is 4.72 Å². The number of hydrogen-bond acceptors (Lipinski definition) is 3. The average molecular weight is 434 g/mol. The molecule has 0 saturated carbocycles. The van der Waals surface area contributed by atoms with E-state index in [1.165, 1.54) is 18.2 Å². The minimum absolute atomic E-state index is 0.0272. The summed E-state index contributed by atoms with van der Waals surface area (Å²) < 4.78 is 41.4. The Labute approximate surface area is 137 Å². The molecule has 21 heavy (non-hydrogen) atoms. The molecule has 4 nitrogen and oxygen atoms in total. The first-order valence-corrected chi connectivity index (χ1v) is 8.58. The van der Waals surface area contributed by atoms with Gasteiger partial charge in [0.05, 0.1) is 17.3 Å². The van der Waals surface area contributed by atoms with Crippen LogP contribution in [0.25, 0.3) is 0 Å². The zero-order valence-electron chi connectivity index (χ0n) is 10.3. The van der Waals surface area contributed by atoms with Crippen LogP contribution in [-0.2, 0) is 10.0 Å². The van der Waals surface area contributed by atoms with E-state index in [0.29, 0.717) is 8.95 Å². The van der Waals surface area contributed by atoms with Gasteiger partial charge in [0.1, 0.15) is 10.7 Å². The van der Waals surface area contributed by atoms with Gasteiger partial charge in [0.2, 0.25) is 0 Å². The highest BCUT2D eigenvalue weighted by Gasteiger charge is 2.20. The Hall–Kier alpha value is -1.43. The quantitative estimate of drug-likeness (QED) is 0.794. The Morgan fingerprint density at radius 2 is 1.86 bits per heavy atom. The molecule has 1 N–H and O–H groups in total. The van der Waals surface area contributed by atoms with E-state index in [2.05, 4.69) is 36.6 Å². The van der Waals surface area contributed by atoms with Crippen molar-refractivity contribution in [3.05, 3.63) is 56.7 Å². The maximum Gasteiger partial charge on any atom is 0.263 e. The third-order valence-electron chi connectivity index (χ3n) is 2.53. The Morgan fingerprint density at radius 1 is 1.14 bits per heavy atom. The summed E-state index contributed by atoms with van der Waals surface area (Å²) in [6.07, 6.45) is 0. The van der Waals surface area contributed by atoms with E-state index in [1.807, 2.05) is 0 Å². The van der Waals surface area contributed by atoms with Gasteiger partial charge in [0.15, 0.2) is 0 Å². The zero-order chi connectivity index (χ0) is 15.6. The summed E-state index contributed by atoms with van der Waals surface area (Å²) in [5, 5.41) is 8.66. The first kappa shape index (κ1) is 15.9. The van der Waals surface area contributed by atoms with Gasteiger partial charge < -0.3 is 0 Å². The van der Waals surface area contributed by atoms with Crippen molar-refractivity contribution in [2.45, 2.75) is 4.90 Å². The molecule has 2 aromatic rings. The first-order valence-electron chi connectivity index (χ1n) is 5.51. The van der Waals surface area contributed by atoms with Crippen molar-refractivity contribution in [1.29, 1.82) is 5.26 Å². The fourth-order valence-electron chi connectivity index (χ4n) is 1.55. The molecule has 2 aromatic carbocycles. The van der Waals surface area contributed by atoms with E-state index in [4.69, 9.17) is 5.26 Å². The summed E-state index contributed by atoms with van der Waals surface area (Å²) in [5.74, 6) is -0.816. The molecule has 0 aliphatic rings. The molecular weight excluding hydrogens is 427 g/mol. The summed E-state index contributed by atoms with van der Waals surface area (Å²) in [6, 6.07) is 9.91. The highest BCUT2D eigenvalue weighted by molar-refractivity contribution is 9.11. The molecule has 0 atom stereocenters. The van der Waals surface area contributed by atoms with Gasteiger partial charge in [-0.1, -0.05) is 15.9 Å². The van der Waals surface area contributed by atoms with Crippen LogP contribution >= 0.6 is 31.9 Å². The van der Waals surface area contributed by atoms with E-state index >= 15 is 0 Å². The van der Waals surface area contributed by atoms with Crippen LogP contribution in [0.3, 0.4) is 0 Å². The fourth-order valence-corrected chi connectivity index (χ4v) is 4.12. The van der Waals surface area contributed by atoms with Crippen LogP contribution in [0.1, 0.15) is 5.56 Å². The van der Waals surface area contributed by atoms with Crippen molar-refractivity contribution in [2.75, 3.05) is 4.72 Å². The van der Waals surface area contributed by atoms with Crippen LogP contribution in [-0.4, -0.2) is 8.42 Å². The molecule has 0 aromatic heterocycles. The third-order valence-corrected chi connectivity index (χ3v) is 5.38. The second kappa shape index (κ2) is 6.13. The highest BCUT2D eigenvalue weighted by atomic mass is 79.9. The highest BCUT2D eigenvalue weighted by Crippen LogP contribution is 2.28. The van der Waals surface area contributed by atoms with Gasteiger partial charge in [0, 0.05) is 8.95 Å². The van der Waals surface area contributed by atoms with Gasteiger partial charge in [-0.15, -0.1) is 0 Å². The van der Waals surface area contributed by atoms with E-state index in [1.54, 1.807) is 18.2 Å². The van der Waals surface area contributed by atoms with Crippen molar-refractivity contribution in [3.8, 4) is 6.07 Å². The number of halogens is 3. The third kappa shape index (κ3) is 3.61. The molecule has 2 rings (SSSR count). The van der Waals surface area contributed by atoms with Crippen molar-refractivity contribution in [1.82, 2.24) is 0 Å². The van der Waals surface area contributed by atoms with Crippen LogP contribution in [0.5, 0.6) is 0 Å². The van der Waals surface area contributed by atoms with Crippen LogP contribution < -0.4 is 4.72 Å². The molecule has 0 saturated heterocycles. The predicted molar refractivity (Wildman–Crippen MR) is 83.8 cm³/mol. The number of nitrogens with zero attached hydrogens (tertiary/aromatic N) is 1. The number of nitriles is 1. The standard InChI is InChI=1S/C13H7Br2FN2O2S/c14-9-2-3-10(15)13(6-9)21(19,20)18-12-4-1-8(7-17)5-11(12)16/h1-6,18H. The molecule has 0 unspecified atom stereocenters. The van der Waals surface area contributed by atoms with Gasteiger partial charge in [-0.05, 0) is 52.3 Å². The topological polar surface area (TPSA) is 70.0 Å². The van der Waals surface area contributed by atoms with Crippen molar-refractivity contribution >= 4 is 47.6 Å². The molecule has 0 heterocycles. The second-order valence-electron chi connectivity index (χ2n) is 3.99. The van der Waals surface area contributed by atoms with E-state index in [-0.39, 0.29) is 16.1 Å². The lowest BCUT2D eigenvalue weighted by molar-refractivity contribution is 0.598. The molecular formula is C13H7Br2FN2O2S. The molecule has 0 amide bonds. The molecule has 0 aliphatic heterocycles.